The highest BCUT2D eigenvalue weighted by molar-refractivity contribution is 5.85. The van der Waals surface area contributed by atoms with Gasteiger partial charge in [-0.15, -0.1) is 0 Å². The highest BCUT2D eigenvalue weighted by Gasteiger charge is 2.42. The van der Waals surface area contributed by atoms with Crippen LogP contribution in [0.25, 0.3) is 10.8 Å². The van der Waals surface area contributed by atoms with Gasteiger partial charge in [0.2, 0.25) is 0 Å². The lowest BCUT2D eigenvalue weighted by Gasteiger charge is -2.27. The van der Waals surface area contributed by atoms with Crippen LogP contribution in [0.1, 0.15) is 38.3 Å². The van der Waals surface area contributed by atoms with E-state index in [9.17, 15) is 9.59 Å². The van der Waals surface area contributed by atoms with E-state index in [-0.39, 0.29) is 12.5 Å². The third-order valence-corrected chi connectivity index (χ3v) is 6.17. The van der Waals surface area contributed by atoms with Gasteiger partial charge in [-0.1, -0.05) is 54.6 Å². The molecule has 1 amide bonds. The second-order valence-electron chi connectivity index (χ2n) is 10.1. The fourth-order valence-electron chi connectivity index (χ4n) is 4.57. The van der Waals surface area contributed by atoms with Crippen LogP contribution in [-0.2, 0) is 27.3 Å². The van der Waals surface area contributed by atoms with E-state index in [0.717, 1.165) is 27.6 Å². The number of carbonyl (C=O) groups is 2. The molecule has 0 unspecified atom stereocenters. The first-order chi connectivity index (χ1) is 16.7. The van der Waals surface area contributed by atoms with Crippen molar-refractivity contribution < 1.29 is 23.8 Å². The zero-order valence-corrected chi connectivity index (χ0v) is 20.8. The van der Waals surface area contributed by atoms with E-state index in [0.29, 0.717) is 19.4 Å². The molecule has 0 radical (unpaired) electrons. The van der Waals surface area contributed by atoms with Crippen molar-refractivity contribution in [2.45, 2.75) is 51.9 Å². The van der Waals surface area contributed by atoms with Gasteiger partial charge < -0.3 is 14.2 Å². The highest BCUT2D eigenvalue weighted by Crippen LogP contribution is 2.33. The lowest BCUT2D eigenvalue weighted by molar-refractivity contribution is -0.150. The molecule has 6 nitrogen and oxygen atoms in total. The van der Waals surface area contributed by atoms with Crippen molar-refractivity contribution >= 4 is 22.8 Å². The van der Waals surface area contributed by atoms with Gasteiger partial charge in [-0.2, -0.15) is 0 Å². The molecule has 0 N–H and O–H groups in total. The molecule has 2 atom stereocenters. The number of benzene rings is 3. The van der Waals surface area contributed by atoms with Gasteiger partial charge in [-0.3, -0.25) is 4.90 Å². The zero-order valence-electron chi connectivity index (χ0n) is 20.8. The van der Waals surface area contributed by atoms with Crippen molar-refractivity contribution in [2.75, 3.05) is 13.7 Å². The summed E-state index contributed by atoms with van der Waals surface area (Å²) in [4.78, 5) is 27.6. The largest absolute Gasteiger partial charge is 0.496 e. The van der Waals surface area contributed by atoms with E-state index in [1.165, 1.54) is 4.90 Å². The van der Waals surface area contributed by atoms with Crippen LogP contribution < -0.4 is 4.74 Å². The summed E-state index contributed by atoms with van der Waals surface area (Å²) >= 11 is 0. The van der Waals surface area contributed by atoms with Crippen molar-refractivity contribution in [3.05, 3.63) is 77.9 Å². The summed E-state index contributed by atoms with van der Waals surface area (Å²) in [7, 11) is 1.67. The molecule has 1 saturated heterocycles. The van der Waals surface area contributed by atoms with Crippen LogP contribution in [0.3, 0.4) is 0 Å². The van der Waals surface area contributed by atoms with E-state index < -0.39 is 23.7 Å². The Morgan fingerprint density at radius 3 is 2.29 bits per heavy atom. The van der Waals surface area contributed by atoms with Crippen molar-refractivity contribution in [1.29, 1.82) is 0 Å². The number of nitrogens with zero attached hydrogens (tertiary/aromatic N) is 1. The van der Waals surface area contributed by atoms with E-state index in [2.05, 4.69) is 18.2 Å². The van der Waals surface area contributed by atoms with Crippen LogP contribution in [0.4, 0.5) is 4.79 Å². The maximum Gasteiger partial charge on any atom is 0.411 e. The number of carbonyl (C=O) groups excluding carboxylic acids is 2. The number of likely N-dealkylation sites (tertiary alicyclic amines) is 1. The van der Waals surface area contributed by atoms with Crippen molar-refractivity contribution in [3.8, 4) is 5.75 Å². The molecule has 35 heavy (non-hydrogen) atoms. The fraction of sp³-hybridized carbons (Fsp3) is 0.379. The molecular weight excluding hydrogens is 442 g/mol. The normalized spacial score (nSPS) is 17.9. The number of esters is 1. The van der Waals surface area contributed by atoms with Gasteiger partial charge in [-0.25, -0.2) is 9.59 Å². The summed E-state index contributed by atoms with van der Waals surface area (Å²) in [6.45, 7) is 6.04. The van der Waals surface area contributed by atoms with Gasteiger partial charge in [0.25, 0.3) is 0 Å². The van der Waals surface area contributed by atoms with Gasteiger partial charge in [0.05, 0.1) is 7.11 Å². The molecule has 6 heteroatoms. The molecule has 0 aliphatic carbocycles. The summed E-state index contributed by atoms with van der Waals surface area (Å²) in [5.74, 6) is 0.460. The van der Waals surface area contributed by atoms with Crippen LogP contribution >= 0.6 is 0 Å². The van der Waals surface area contributed by atoms with Gasteiger partial charge in [0, 0.05) is 6.54 Å². The minimum Gasteiger partial charge on any atom is -0.496 e. The van der Waals surface area contributed by atoms with Crippen LogP contribution in [-0.4, -0.2) is 42.3 Å². The second-order valence-corrected chi connectivity index (χ2v) is 10.1. The van der Waals surface area contributed by atoms with E-state index in [1.54, 1.807) is 7.11 Å². The molecule has 0 saturated carbocycles. The molecule has 1 aliphatic heterocycles. The third-order valence-electron chi connectivity index (χ3n) is 6.17. The number of amides is 1. The molecule has 0 spiro atoms. The van der Waals surface area contributed by atoms with E-state index in [1.807, 2.05) is 69.3 Å². The van der Waals surface area contributed by atoms with Gasteiger partial charge >= 0.3 is 12.1 Å². The zero-order chi connectivity index (χ0) is 25.0. The smallest absolute Gasteiger partial charge is 0.411 e. The lowest BCUT2D eigenvalue weighted by Crippen LogP contribution is -2.44. The number of hydrogen-bond acceptors (Lipinski definition) is 5. The van der Waals surface area contributed by atoms with Gasteiger partial charge in [-0.05, 0) is 73.6 Å². The van der Waals surface area contributed by atoms with Crippen molar-refractivity contribution in [1.82, 2.24) is 4.90 Å². The average molecular weight is 476 g/mol. The molecule has 0 bridgehead atoms. The standard InChI is InChI=1S/C29H33NO5/c1-29(2,3)35-28(32)30-18-21(15-25(30)27(31)34-19-20-10-6-5-7-11-20)14-24-16-22-12-8-9-13-23(22)17-26(24)33-4/h5-13,16-17,21,25H,14-15,18-19H2,1-4H3/t21-,25+/m0/s1. The van der Waals surface area contributed by atoms with Gasteiger partial charge in [0.15, 0.2) is 0 Å². The molecule has 1 heterocycles. The predicted molar refractivity (Wildman–Crippen MR) is 135 cm³/mol. The number of fused-ring (bicyclic) bond motifs is 1. The van der Waals surface area contributed by atoms with Crippen LogP contribution in [0.2, 0.25) is 0 Å². The van der Waals surface area contributed by atoms with Crippen molar-refractivity contribution in [2.24, 2.45) is 5.92 Å². The van der Waals surface area contributed by atoms with E-state index in [4.69, 9.17) is 14.2 Å². The second kappa shape index (κ2) is 10.4. The fourth-order valence-corrected chi connectivity index (χ4v) is 4.57. The summed E-state index contributed by atoms with van der Waals surface area (Å²) in [6.07, 6.45) is 0.686. The molecule has 3 aromatic carbocycles. The Hall–Kier alpha value is -3.54. The minimum absolute atomic E-state index is 0.0619. The maximum atomic E-state index is 13.1. The Balaban J connectivity index is 1.53. The SMILES string of the molecule is COc1cc2ccccc2cc1C[C@H]1C[C@H](C(=O)OCc2ccccc2)N(C(=O)OC(C)(C)C)C1. The predicted octanol–water partition coefficient (Wildman–Crippen LogP) is 5.76. The maximum absolute atomic E-state index is 13.1. The molecule has 1 aliphatic rings. The van der Waals surface area contributed by atoms with Gasteiger partial charge in [0.1, 0.15) is 24.0 Å². The average Bonchev–Trinajstić information content (AvgIpc) is 3.26. The van der Waals surface area contributed by atoms with Crippen LogP contribution in [0, 0.1) is 5.92 Å². The van der Waals surface area contributed by atoms with Crippen LogP contribution in [0.15, 0.2) is 66.7 Å². The van der Waals surface area contributed by atoms with Crippen LogP contribution in [0.5, 0.6) is 5.75 Å². The summed E-state index contributed by atoms with van der Waals surface area (Å²) in [5.41, 5.74) is 1.30. The number of hydrogen-bond donors (Lipinski definition) is 0. The van der Waals surface area contributed by atoms with E-state index >= 15 is 0 Å². The molecular formula is C29H33NO5. The monoisotopic (exact) mass is 475 g/mol. The number of methoxy groups -OCH3 is 1. The molecule has 4 rings (SSSR count). The Morgan fingerprint density at radius 1 is 0.971 bits per heavy atom. The third kappa shape index (κ3) is 6.13. The number of ether oxygens (including phenoxy) is 3. The topological polar surface area (TPSA) is 65.1 Å². The first kappa shape index (κ1) is 24.6. The Morgan fingerprint density at radius 2 is 1.63 bits per heavy atom. The highest BCUT2D eigenvalue weighted by atomic mass is 16.6. The summed E-state index contributed by atoms with van der Waals surface area (Å²) in [6, 6.07) is 21.2. The van der Waals surface area contributed by atoms with Crippen molar-refractivity contribution in [3.63, 3.8) is 0 Å². The first-order valence-corrected chi connectivity index (χ1v) is 12.0. The first-order valence-electron chi connectivity index (χ1n) is 12.0. The molecule has 1 fully saturated rings. The Labute approximate surface area is 206 Å². The molecule has 3 aromatic rings. The Bertz CT molecular complexity index is 1180. The quantitative estimate of drug-likeness (QED) is 0.424. The number of rotatable bonds is 6. The molecule has 184 valence electrons. The lowest BCUT2D eigenvalue weighted by atomic mass is 9.94. The summed E-state index contributed by atoms with van der Waals surface area (Å²) in [5, 5.41) is 2.24. The minimum atomic E-state index is -0.690. The summed E-state index contributed by atoms with van der Waals surface area (Å²) < 4.78 is 16.9. The Kier molecular flexibility index (Phi) is 7.29. The molecule has 0 aromatic heterocycles.